The van der Waals surface area contributed by atoms with Crippen LogP contribution >= 0.6 is 0 Å². The van der Waals surface area contributed by atoms with Crippen LogP contribution in [0.4, 0.5) is 0 Å². The highest BCUT2D eigenvalue weighted by Crippen LogP contribution is 2.18. The second kappa shape index (κ2) is 4.61. The van der Waals surface area contributed by atoms with E-state index >= 15 is 0 Å². The Hall–Kier alpha value is -1.11. The van der Waals surface area contributed by atoms with Crippen molar-refractivity contribution in [2.75, 3.05) is 7.11 Å². The van der Waals surface area contributed by atoms with E-state index in [0.29, 0.717) is 5.75 Å². The predicted molar refractivity (Wildman–Crippen MR) is 57.7 cm³/mol. The van der Waals surface area contributed by atoms with E-state index in [9.17, 15) is 8.42 Å². The van der Waals surface area contributed by atoms with Gasteiger partial charge in [0.2, 0.25) is 0 Å². The van der Waals surface area contributed by atoms with Gasteiger partial charge in [0.25, 0.3) is 10.2 Å². The molecule has 5 nitrogen and oxygen atoms in total. The van der Waals surface area contributed by atoms with E-state index in [1.165, 1.54) is 0 Å². The topological polar surface area (TPSA) is 81.4 Å². The molecule has 0 aliphatic rings. The summed E-state index contributed by atoms with van der Waals surface area (Å²) in [4.78, 5) is 0. The zero-order valence-corrected chi connectivity index (χ0v) is 9.41. The quantitative estimate of drug-likeness (QED) is 0.792. The van der Waals surface area contributed by atoms with E-state index < -0.39 is 10.2 Å². The number of hydrogen-bond donors (Lipinski definition) is 2. The smallest absolute Gasteiger partial charge is 0.274 e. The molecule has 0 saturated carbocycles. The van der Waals surface area contributed by atoms with Gasteiger partial charge in [0, 0.05) is 6.04 Å². The minimum absolute atomic E-state index is 0.380. The van der Waals surface area contributed by atoms with Gasteiger partial charge in [0.1, 0.15) is 5.75 Å². The van der Waals surface area contributed by atoms with Crippen molar-refractivity contribution in [3.8, 4) is 5.75 Å². The molecule has 6 heteroatoms. The molecule has 15 heavy (non-hydrogen) atoms. The third-order valence-corrected chi connectivity index (χ3v) is 2.62. The standard InChI is InChI=1S/C9H14N2O3S/c1-7(11-15(10,12)13)8-4-3-5-9(6-8)14-2/h3-7,11H,1-2H3,(H2,10,12,13)/t7-/m0/s1. The van der Waals surface area contributed by atoms with Crippen molar-refractivity contribution < 1.29 is 13.2 Å². The Labute approximate surface area is 89.4 Å². The van der Waals surface area contributed by atoms with Crippen LogP contribution in [0.15, 0.2) is 24.3 Å². The van der Waals surface area contributed by atoms with Gasteiger partial charge in [-0.15, -0.1) is 0 Å². The van der Waals surface area contributed by atoms with Gasteiger partial charge < -0.3 is 4.74 Å². The molecule has 0 fully saturated rings. The van der Waals surface area contributed by atoms with E-state index in [1.54, 1.807) is 38.3 Å². The molecule has 1 aromatic carbocycles. The first-order chi connectivity index (χ1) is 6.92. The molecule has 0 radical (unpaired) electrons. The Morgan fingerprint density at radius 2 is 2.13 bits per heavy atom. The molecule has 3 N–H and O–H groups in total. The molecule has 0 amide bonds. The summed E-state index contributed by atoms with van der Waals surface area (Å²) >= 11 is 0. The fourth-order valence-corrected chi connectivity index (χ4v) is 1.85. The molecule has 0 aromatic heterocycles. The third-order valence-electron chi connectivity index (χ3n) is 1.93. The first-order valence-corrected chi connectivity index (χ1v) is 5.91. The van der Waals surface area contributed by atoms with E-state index in [-0.39, 0.29) is 6.04 Å². The lowest BCUT2D eigenvalue weighted by Gasteiger charge is -2.12. The Balaban J connectivity index is 2.86. The molecule has 1 rings (SSSR count). The average molecular weight is 230 g/mol. The van der Waals surface area contributed by atoms with Crippen LogP contribution in [-0.4, -0.2) is 15.5 Å². The van der Waals surface area contributed by atoms with Gasteiger partial charge in [0.05, 0.1) is 7.11 Å². The monoisotopic (exact) mass is 230 g/mol. The van der Waals surface area contributed by atoms with Crippen molar-refractivity contribution in [2.45, 2.75) is 13.0 Å². The largest absolute Gasteiger partial charge is 0.497 e. The fourth-order valence-electron chi connectivity index (χ4n) is 1.23. The van der Waals surface area contributed by atoms with Crippen molar-refractivity contribution in [3.63, 3.8) is 0 Å². The number of hydrogen-bond acceptors (Lipinski definition) is 3. The summed E-state index contributed by atoms with van der Waals surface area (Å²) in [5.74, 6) is 0.676. The molecule has 0 saturated heterocycles. The van der Waals surface area contributed by atoms with E-state index in [4.69, 9.17) is 9.88 Å². The van der Waals surface area contributed by atoms with Crippen LogP contribution in [0.2, 0.25) is 0 Å². The number of ether oxygens (including phenoxy) is 1. The van der Waals surface area contributed by atoms with Gasteiger partial charge in [-0.25, -0.2) is 5.14 Å². The summed E-state index contributed by atoms with van der Waals surface area (Å²) in [7, 11) is -2.13. The summed E-state index contributed by atoms with van der Waals surface area (Å²) in [5.41, 5.74) is 0.795. The van der Waals surface area contributed by atoms with Gasteiger partial charge in [-0.2, -0.15) is 13.1 Å². The second-order valence-electron chi connectivity index (χ2n) is 3.16. The molecule has 0 aliphatic carbocycles. The highest BCUT2D eigenvalue weighted by molar-refractivity contribution is 7.87. The lowest BCUT2D eigenvalue weighted by molar-refractivity contribution is 0.413. The number of benzene rings is 1. The minimum atomic E-state index is -3.68. The molecular formula is C9H14N2O3S. The Morgan fingerprint density at radius 3 is 2.67 bits per heavy atom. The van der Waals surface area contributed by atoms with Gasteiger partial charge in [-0.1, -0.05) is 12.1 Å². The molecule has 1 aromatic rings. The van der Waals surface area contributed by atoms with Crippen molar-refractivity contribution in [3.05, 3.63) is 29.8 Å². The zero-order valence-electron chi connectivity index (χ0n) is 8.60. The molecule has 0 spiro atoms. The molecular weight excluding hydrogens is 216 g/mol. The van der Waals surface area contributed by atoms with Crippen LogP contribution in [0.3, 0.4) is 0 Å². The SMILES string of the molecule is COc1cccc([C@H](C)NS(N)(=O)=O)c1. The lowest BCUT2D eigenvalue weighted by Crippen LogP contribution is -2.32. The van der Waals surface area contributed by atoms with Crippen LogP contribution in [0.5, 0.6) is 5.75 Å². The maximum absolute atomic E-state index is 10.8. The van der Waals surface area contributed by atoms with Crippen LogP contribution in [0, 0.1) is 0 Å². The first kappa shape index (κ1) is 12.0. The van der Waals surface area contributed by atoms with Crippen LogP contribution < -0.4 is 14.6 Å². The summed E-state index contributed by atoms with van der Waals surface area (Å²) in [6.07, 6.45) is 0. The number of methoxy groups -OCH3 is 1. The van der Waals surface area contributed by atoms with Crippen molar-refractivity contribution >= 4 is 10.2 Å². The van der Waals surface area contributed by atoms with Gasteiger partial charge in [0.15, 0.2) is 0 Å². The Bertz CT molecular complexity index is 431. The van der Waals surface area contributed by atoms with Gasteiger partial charge in [-0.3, -0.25) is 0 Å². The molecule has 0 bridgehead atoms. The summed E-state index contributed by atoms with van der Waals surface area (Å²) in [6, 6.07) is 6.74. The van der Waals surface area contributed by atoms with Crippen molar-refractivity contribution in [2.24, 2.45) is 5.14 Å². The maximum atomic E-state index is 10.8. The summed E-state index contributed by atoms with van der Waals surface area (Å²) in [6.45, 7) is 1.71. The number of rotatable bonds is 4. The minimum Gasteiger partial charge on any atom is -0.497 e. The second-order valence-corrected chi connectivity index (χ2v) is 4.49. The highest BCUT2D eigenvalue weighted by Gasteiger charge is 2.11. The van der Waals surface area contributed by atoms with Crippen LogP contribution in [0.1, 0.15) is 18.5 Å². The number of nitrogens with one attached hydrogen (secondary N) is 1. The summed E-state index contributed by atoms with van der Waals surface area (Å²) < 4.78 is 28.9. The van der Waals surface area contributed by atoms with E-state index in [0.717, 1.165) is 5.56 Å². The molecule has 1 atom stereocenters. The third kappa shape index (κ3) is 3.86. The first-order valence-electron chi connectivity index (χ1n) is 4.36. The molecule has 0 heterocycles. The number of nitrogens with two attached hydrogens (primary N) is 1. The normalized spacial score (nSPS) is 13.5. The molecule has 0 aliphatic heterocycles. The van der Waals surface area contributed by atoms with E-state index in [2.05, 4.69) is 4.72 Å². The predicted octanol–water partition coefficient (Wildman–Crippen LogP) is 0.549. The van der Waals surface area contributed by atoms with Gasteiger partial charge >= 0.3 is 0 Å². The van der Waals surface area contributed by atoms with Crippen molar-refractivity contribution in [1.29, 1.82) is 0 Å². The Kier molecular flexibility index (Phi) is 3.67. The highest BCUT2D eigenvalue weighted by atomic mass is 32.2. The maximum Gasteiger partial charge on any atom is 0.274 e. The average Bonchev–Trinajstić information content (AvgIpc) is 2.15. The van der Waals surface area contributed by atoms with Crippen LogP contribution in [-0.2, 0) is 10.2 Å². The van der Waals surface area contributed by atoms with E-state index in [1.807, 2.05) is 0 Å². The lowest BCUT2D eigenvalue weighted by atomic mass is 10.1. The van der Waals surface area contributed by atoms with Crippen LogP contribution in [0.25, 0.3) is 0 Å². The molecule has 0 unspecified atom stereocenters. The molecule has 84 valence electrons. The van der Waals surface area contributed by atoms with Gasteiger partial charge in [-0.05, 0) is 24.6 Å². The van der Waals surface area contributed by atoms with Crippen molar-refractivity contribution in [1.82, 2.24) is 4.72 Å². The Morgan fingerprint density at radius 1 is 1.47 bits per heavy atom. The summed E-state index contributed by atoms with van der Waals surface area (Å²) in [5, 5.41) is 4.87. The zero-order chi connectivity index (χ0) is 11.5. The fraction of sp³-hybridized carbons (Fsp3) is 0.333.